The maximum atomic E-state index is 10.3. The molecule has 0 aliphatic rings. The van der Waals surface area contributed by atoms with Gasteiger partial charge in [0.15, 0.2) is 0 Å². The van der Waals surface area contributed by atoms with Gasteiger partial charge in [0.2, 0.25) is 0 Å². The molecule has 0 heterocycles. The van der Waals surface area contributed by atoms with E-state index in [1.807, 2.05) is 0 Å². The Morgan fingerprint density at radius 3 is 0.955 bits per heavy atom. The zero-order chi connectivity index (χ0) is 15.2. The molecule has 0 amide bonds. The van der Waals surface area contributed by atoms with E-state index in [2.05, 4.69) is 0 Å². The average molecular weight is 387 g/mol. The second-order valence-corrected chi connectivity index (χ2v) is 6.29. The van der Waals surface area contributed by atoms with Crippen molar-refractivity contribution in [2.24, 2.45) is 0 Å². The van der Waals surface area contributed by atoms with Crippen LogP contribution in [0.1, 0.15) is 0 Å². The maximum absolute atomic E-state index is 10.3. The van der Waals surface area contributed by atoms with Crippen molar-refractivity contribution in [2.45, 2.75) is 9.79 Å². The third kappa shape index (κ3) is 8.25. The zero-order valence-electron chi connectivity index (χ0n) is 10.9. The summed E-state index contributed by atoms with van der Waals surface area (Å²) in [5, 5.41) is 0. The molecular weight excluding hydrogens is 375 g/mol. The Kier molecular flexibility index (Phi) is 10.1. The third-order valence-electron chi connectivity index (χ3n) is 2.06. The van der Waals surface area contributed by atoms with Crippen LogP contribution in [0.5, 0.6) is 0 Å². The molecular formula is C12H12MnO7S2. The Morgan fingerprint density at radius 1 is 0.591 bits per heavy atom. The molecule has 1 radical (unpaired) electrons. The van der Waals surface area contributed by atoms with Crippen LogP contribution in [0.15, 0.2) is 70.5 Å². The van der Waals surface area contributed by atoms with Crippen molar-refractivity contribution in [3.8, 4) is 0 Å². The SMILES string of the molecule is O.O=S(=O)([O-])c1ccccc1.O=S(=O)([O-])c1ccccc1.[Mn+2]. The van der Waals surface area contributed by atoms with E-state index in [-0.39, 0.29) is 32.3 Å². The van der Waals surface area contributed by atoms with Crippen LogP contribution in [-0.2, 0) is 37.3 Å². The molecule has 121 valence electrons. The first-order chi connectivity index (χ1) is 9.21. The van der Waals surface area contributed by atoms with Gasteiger partial charge >= 0.3 is 17.1 Å². The fourth-order valence-corrected chi connectivity index (χ4v) is 2.16. The first kappa shape index (κ1) is 23.0. The summed E-state index contributed by atoms with van der Waals surface area (Å²) in [4.78, 5) is -0.370. The fourth-order valence-electron chi connectivity index (χ4n) is 1.17. The van der Waals surface area contributed by atoms with Crippen LogP contribution in [-0.4, -0.2) is 31.4 Å². The smallest absolute Gasteiger partial charge is 0.744 e. The normalized spacial score (nSPS) is 10.3. The Hall–Kier alpha value is -1.26. The molecule has 10 heteroatoms. The summed E-state index contributed by atoms with van der Waals surface area (Å²) < 4.78 is 61.7. The second kappa shape index (κ2) is 9.69. The first-order valence-corrected chi connectivity index (χ1v) is 8.05. The molecule has 0 spiro atoms. The summed E-state index contributed by atoms with van der Waals surface area (Å²) >= 11 is 0. The van der Waals surface area contributed by atoms with E-state index in [0.29, 0.717) is 0 Å². The predicted molar refractivity (Wildman–Crippen MR) is 72.4 cm³/mol. The van der Waals surface area contributed by atoms with Crippen LogP contribution >= 0.6 is 0 Å². The molecule has 0 unspecified atom stereocenters. The van der Waals surface area contributed by atoms with Gasteiger partial charge in [0.25, 0.3) is 0 Å². The van der Waals surface area contributed by atoms with Gasteiger partial charge in [-0.1, -0.05) is 36.4 Å². The molecule has 2 N–H and O–H groups in total. The van der Waals surface area contributed by atoms with Gasteiger partial charge in [-0.15, -0.1) is 0 Å². The summed E-state index contributed by atoms with van der Waals surface area (Å²) in [6.07, 6.45) is 0. The van der Waals surface area contributed by atoms with Crippen molar-refractivity contribution in [3.05, 3.63) is 60.7 Å². The van der Waals surface area contributed by atoms with E-state index < -0.39 is 20.2 Å². The minimum Gasteiger partial charge on any atom is -0.744 e. The monoisotopic (exact) mass is 387 g/mol. The summed E-state index contributed by atoms with van der Waals surface area (Å²) in [7, 11) is -8.51. The Balaban J connectivity index is 0. The summed E-state index contributed by atoms with van der Waals surface area (Å²) in [5.74, 6) is 0. The summed E-state index contributed by atoms with van der Waals surface area (Å²) in [6.45, 7) is 0. The molecule has 0 saturated heterocycles. The van der Waals surface area contributed by atoms with Crippen LogP contribution in [0.2, 0.25) is 0 Å². The molecule has 7 nitrogen and oxygen atoms in total. The minimum absolute atomic E-state index is 0. The van der Waals surface area contributed by atoms with Gasteiger partial charge in [-0.3, -0.25) is 0 Å². The molecule has 2 aromatic rings. The van der Waals surface area contributed by atoms with Crippen LogP contribution in [0.3, 0.4) is 0 Å². The Morgan fingerprint density at radius 2 is 0.818 bits per heavy atom. The van der Waals surface area contributed by atoms with Gasteiger partial charge < -0.3 is 14.6 Å². The largest absolute Gasteiger partial charge is 2.00 e. The molecule has 2 rings (SSSR count). The second-order valence-electron chi connectivity index (χ2n) is 3.53. The Labute approximate surface area is 139 Å². The topological polar surface area (TPSA) is 146 Å². The molecule has 2 aromatic carbocycles. The number of hydrogen-bond donors (Lipinski definition) is 0. The van der Waals surface area contributed by atoms with Gasteiger partial charge in [-0.25, -0.2) is 16.8 Å². The van der Waals surface area contributed by atoms with Crippen molar-refractivity contribution < 1.29 is 48.5 Å². The molecule has 0 aliphatic carbocycles. The van der Waals surface area contributed by atoms with Crippen molar-refractivity contribution in [1.29, 1.82) is 0 Å². The molecule has 0 saturated carbocycles. The minimum atomic E-state index is -4.25. The van der Waals surface area contributed by atoms with E-state index in [0.717, 1.165) is 0 Å². The van der Waals surface area contributed by atoms with E-state index in [1.165, 1.54) is 48.5 Å². The third-order valence-corrected chi connectivity index (χ3v) is 3.76. The Bertz CT molecular complexity index is 677. The number of benzene rings is 2. The van der Waals surface area contributed by atoms with Gasteiger partial charge in [0.05, 0.1) is 9.79 Å². The predicted octanol–water partition coefficient (Wildman–Crippen LogP) is 0.354. The summed E-state index contributed by atoms with van der Waals surface area (Å²) in [6, 6.07) is 14.4. The van der Waals surface area contributed by atoms with Crippen molar-refractivity contribution >= 4 is 20.2 Å². The molecule has 0 atom stereocenters. The van der Waals surface area contributed by atoms with Gasteiger partial charge in [-0.05, 0) is 24.3 Å². The van der Waals surface area contributed by atoms with Crippen molar-refractivity contribution in [3.63, 3.8) is 0 Å². The van der Waals surface area contributed by atoms with Gasteiger partial charge in [-0.2, -0.15) is 0 Å². The average Bonchev–Trinajstić information content (AvgIpc) is 2.40. The molecule has 0 aliphatic heterocycles. The molecule has 22 heavy (non-hydrogen) atoms. The summed E-state index contributed by atoms with van der Waals surface area (Å²) in [5.41, 5.74) is 0. The number of hydrogen-bond acceptors (Lipinski definition) is 6. The van der Waals surface area contributed by atoms with E-state index in [9.17, 15) is 25.9 Å². The van der Waals surface area contributed by atoms with Crippen LogP contribution in [0.25, 0.3) is 0 Å². The van der Waals surface area contributed by atoms with E-state index >= 15 is 0 Å². The molecule has 0 bridgehead atoms. The fraction of sp³-hybridized carbons (Fsp3) is 0. The van der Waals surface area contributed by atoms with Crippen LogP contribution in [0.4, 0.5) is 0 Å². The van der Waals surface area contributed by atoms with Gasteiger partial charge in [0.1, 0.15) is 20.2 Å². The molecule has 0 fully saturated rings. The van der Waals surface area contributed by atoms with Crippen molar-refractivity contribution in [1.82, 2.24) is 0 Å². The zero-order valence-corrected chi connectivity index (χ0v) is 13.7. The maximum Gasteiger partial charge on any atom is 2.00 e. The van der Waals surface area contributed by atoms with Crippen LogP contribution < -0.4 is 0 Å². The van der Waals surface area contributed by atoms with Crippen LogP contribution in [0, 0.1) is 0 Å². The quantitative estimate of drug-likeness (QED) is 0.537. The molecule has 0 aromatic heterocycles. The first-order valence-electron chi connectivity index (χ1n) is 5.23. The van der Waals surface area contributed by atoms with Gasteiger partial charge in [0, 0.05) is 0 Å². The number of rotatable bonds is 2. The van der Waals surface area contributed by atoms with Crippen molar-refractivity contribution in [2.75, 3.05) is 0 Å². The van der Waals surface area contributed by atoms with E-state index in [1.54, 1.807) is 12.1 Å². The van der Waals surface area contributed by atoms with E-state index in [4.69, 9.17) is 0 Å². The standard InChI is InChI=1S/2C6H6O3S.Mn.H2O/c2*7-10(8,9)6-4-2-1-3-5-6;;/h2*1-5H,(H,7,8,9);;1H2/q;;+2;/p-2.